The predicted molar refractivity (Wildman–Crippen MR) is 104 cm³/mol. The molecule has 0 radical (unpaired) electrons. The lowest BCUT2D eigenvalue weighted by Crippen LogP contribution is -2.51. The van der Waals surface area contributed by atoms with E-state index in [0.717, 1.165) is 24.8 Å². The molecule has 2 atom stereocenters. The van der Waals surface area contributed by atoms with Gasteiger partial charge in [0, 0.05) is 6.04 Å². The molecule has 0 N–H and O–H groups in total. The van der Waals surface area contributed by atoms with Crippen LogP contribution in [0.15, 0.2) is 60.7 Å². The van der Waals surface area contributed by atoms with Gasteiger partial charge in [0.2, 0.25) is 0 Å². The third-order valence-corrected chi connectivity index (χ3v) is 5.48. The summed E-state index contributed by atoms with van der Waals surface area (Å²) in [5, 5.41) is 0. The number of carbonyl (C=O) groups is 1. The van der Waals surface area contributed by atoms with E-state index in [4.69, 9.17) is 4.74 Å². The number of fused-ring (bicyclic) bond motifs is 2. The maximum Gasteiger partial charge on any atom is 0.410 e. The first-order valence-corrected chi connectivity index (χ1v) is 9.47. The van der Waals surface area contributed by atoms with Gasteiger partial charge in [-0.25, -0.2) is 4.79 Å². The van der Waals surface area contributed by atoms with Gasteiger partial charge < -0.3 is 4.74 Å². The summed E-state index contributed by atoms with van der Waals surface area (Å²) < 4.78 is 5.62. The van der Waals surface area contributed by atoms with Crippen LogP contribution >= 0.6 is 0 Å². The quantitative estimate of drug-likeness (QED) is 0.750. The number of carbonyl (C=O) groups excluding carboxylic acids is 1. The molecule has 0 saturated carbocycles. The number of piperidine rings is 1. The second-order valence-corrected chi connectivity index (χ2v) is 7.36. The van der Waals surface area contributed by atoms with E-state index >= 15 is 0 Å². The van der Waals surface area contributed by atoms with Crippen molar-refractivity contribution in [3.63, 3.8) is 0 Å². The molecule has 2 unspecified atom stereocenters. The first kappa shape index (κ1) is 16.9. The zero-order chi connectivity index (χ0) is 17.9. The Morgan fingerprint density at radius 1 is 1.08 bits per heavy atom. The van der Waals surface area contributed by atoms with Crippen LogP contribution in [0.2, 0.25) is 0 Å². The molecule has 0 aliphatic carbocycles. The lowest BCUT2D eigenvalue weighted by atomic mass is 9.83. The highest BCUT2D eigenvalue weighted by molar-refractivity contribution is 5.74. The molecule has 2 bridgehead atoms. The van der Waals surface area contributed by atoms with E-state index in [9.17, 15) is 4.79 Å². The zero-order valence-corrected chi connectivity index (χ0v) is 15.2. The number of hydrogen-bond donors (Lipinski definition) is 0. The summed E-state index contributed by atoms with van der Waals surface area (Å²) in [6.45, 7) is 2.45. The number of nitrogens with zero attached hydrogens (tertiary/aromatic N) is 1. The molecule has 2 aromatic carbocycles. The van der Waals surface area contributed by atoms with Crippen molar-refractivity contribution in [2.45, 2.75) is 51.3 Å². The summed E-state index contributed by atoms with van der Waals surface area (Å²) in [7, 11) is 0. The van der Waals surface area contributed by atoms with E-state index in [1.165, 1.54) is 23.1 Å². The van der Waals surface area contributed by atoms with Crippen LogP contribution < -0.4 is 0 Å². The Morgan fingerprint density at radius 2 is 1.85 bits per heavy atom. The third-order valence-electron chi connectivity index (χ3n) is 5.48. The Balaban J connectivity index is 1.49. The largest absolute Gasteiger partial charge is 0.445 e. The van der Waals surface area contributed by atoms with Crippen LogP contribution in [0, 0.1) is 6.92 Å². The maximum absolute atomic E-state index is 12.7. The van der Waals surface area contributed by atoms with Gasteiger partial charge in [-0.05, 0) is 49.3 Å². The maximum atomic E-state index is 12.7. The first-order chi connectivity index (χ1) is 12.7. The highest BCUT2D eigenvalue weighted by Gasteiger charge is 2.38. The van der Waals surface area contributed by atoms with Crippen molar-refractivity contribution in [2.24, 2.45) is 0 Å². The molecular weight excluding hydrogens is 322 g/mol. The summed E-state index contributed by atoms with van der Waals surface area (Å²) >= 11 is 0. The first-order valence-electron chi connectivity index (χ1n) is 9.47. The minimum atomic E-state index is -0.178. The van der Waals surface area contributed by atoms with E-state index in [0.29, 0.717) is 6.61 Å². The van der Waals surface area contributed by atoms with Crippen LogP contribution in [0.5, 0.6) is 0 Å². The lowest BCUT2D eigenvalue weighted by Gasteiger charge is -2.44. The van der Waals surface area contributed by atoms with E-state index in [1.807, 2.05) is 35.2 Å². The van der Waals surface area contributed by atoms with Gasteiger partial charge in [0.15, 0.2) is 0 Å². The lowest BCUT2D eigenvalue weighted by molar-refractivity contribution is 0.0510. The third kappa shape index (κ3) is 3.52. The molecule has 26 heavy (non-hydrogen) atoms. The van der Waals surface area contributed by atoms with E-state index in [2.05, 4.69) is 37.3 Å². The van der Waals surface area contributed by atoms with Crippen LogP contribution in [0.4, 0.5) is 4.79 Å². The van der Waals surface area contributed by atoms with Crippen LogP contribution in [0.25, 0.3) is 5.57 Å². The standard InChI is InChI=1S/C23H25NO2/c1-17-10-12-19(13-11-17)20-14-21-8-5-9-22(15-20)24(21)23(25)26-16-18-6-3-2-4-7-18/h2-4,6-7,10-14,21-22H,5,8-9,15-16H2,1H3. The van der Waals surface area contributed by atoms with Gasteiger partial charge in [0.25, 0.3) is 0 Å². The Kier molecular flexibility index (Phi) is 4.79. The molecule has 134 valence electrons. The van der Waals surface area contributed by atoms with Crippen molar-refractivity contribution in [1.82, 2.24) is 4.90 Å². The van der Waals surface area contributed by atoms with Crippen LogP contribution in [-0.2, 0) is 11.3 Å². The zero-order valence-electron chi connectivity index (χ0n) is 15.2. The molecule has 2 heterocycles. The Bertz CT molecular complexity index is 795. The molecule has 1 fully saturated rings. The van der Waals surface area contributed by atoms with Gasteiger partial charge in [-0.2, -0.15) is 0 Å². The van der Waals surface area contributed by atoms with Crippen molar-refractivity contribution in [2.75, 3.05) is 0 Å². The van der Waals surface area contributed by atoms with Crippen molar-refractivity contribution in [3.8, 4) is 0 Å². The molecule has 3 nitrogen and oxygen atoms in total. The molecule has 1 saturated heterocycles. The molecule has 1 amide bonds. The van der Waals surface area contributed by atoms with Crippen molar-refractivity contribution < 1.29 is 9.53 Å². The highest BCUT2D eigenvalue weighted by atomic mass is 16.6. The topological polar surface area (TPSA) is 29.5 Å². The number of rotatable bonds is 3. The van der Waals surface area contributed by atoms with Gasteiger partial charge in [0.05, 0.1) is 6.04 Å². The average Bonchev–Trinajstić information content (AvgIpc) is 2.66. The molecule has 2 aliphatic rings. The monoisotopic (exact) mass is 347 g/mol. The predicted octanol–water partition coefficient (Wildman–Crippen LogP) is 5.34. The van der Waals surface area contributed by atoms with Gasteiger partial charge in [0.1, 0.15) is 6.61 Å². The van der Waals surface area contributed by atoms with Gasteiger partial charge in [-0.1, -0.05) is 66.2 Å². The van der Waals surface area contributed by atoms with Gasteiger partial charge in [-0.15, -0.1) is 0 Å². The molecular formula is C23H25NO2. The number of ether oxygens (including phenoxy) is 1. The van der Waals surface area contributed by atoms with Crippen LogP contribution in [0.1, 0.15) is 42.4 Å². The fourth-order valence-electron chi connectivity index (χ4n) is 4.09. The van der Waals surface area contributed by atoms with E-state index in [1.54, 1.807) is 0 Å². The number of benzene rings is 2. The molecule has 4 rings (SSSR count). The molecule has 2 aliphatic heterocycles. The summed E-state index contributed by atoms with van der Waals surface area (Å²) in [5.41, 5.74) is 4.95. The SMILES string of the molecule is Cc1ccc(C2=CC3CCCC(C2)N3C(=O)OCc2ccccc2)cc1. The summed E-state index contributed by atoms with van der Waals surface area (Å²) in [6, 6.07) is 19.0. The summed E-state index contributed by atoms with van der Waals surface area (Å²) in [5.74, 6) is 0. The molecule has 3 heteroatoms. The molecule has 2 aromatic rings. The highest BCUT2D eigenvalue weighted by Crippen LogP contribution is 2.37. The van der Waals surface area contributed by atoms with E-state index in [-0.39, 0.29) is 18.2 Å². The Hall–Kier alpha value is -2.55. The second kappa shape index (κ2) is 7.36. The number of aryl methyl sites for hydroxylation is 1. The van der Waals surface area contributed by atoms with Crippen LogP contribution in [-0.4, -0.2) is 23.1 Å². The summed E-state index contributed by atoms with van der Waals surface area (Å²) in [6.07, 6.45) is 6.27. The Labute approximate surface area is 155 Å². The second-order valence-electron chi connectivity index (χ2n) is 7.36. The fraction of sp³-hybridized carbons (Fsp3) is 0.348. The van der Waals surface area contributed by atoms with Crippen molar-refractivity contribution >= 4 is 11.7 Å². The van der Waals surface area contributed by atoms with Gasteiger partial charge >= 0.3 is 6.09 Å². The minimum absolute atomic E-state index is 0.155. The molecule has 0 aromatic heterocycles. The normalized spacial score (nSPS) is 21.9. The Morgan fingerprint density at radius 3 is 2.58 bits per heavy atom. The smallest absolute Gasteiger partial charge is 0.410 e. The summed E-state index contributed by atoms with van der Waals surface area (Å²) in [4.78, 5) is 14.7. The van der Waals surface area contributed by atoms with Gasteiger partial charge in [-0.3, -0.25) is 4.90 Å². The van der Waals surface area contributed by atoms with Crippen molar-refractivity contribution in [3.05, 3.63) is 77.4 Å². The fourth-order valence-corrected chi connectivity index (χ4v) is 4.09. The van der Waals surface area contributed by atoms with Crippen LogP contribution in [0.3, 0.4) is 0 Å². The van der Waals surface area contributed by atoms with Crippen molar-refractivity contribution in [1.29, 1.82) is 0 Å². The number of amides is 1. The molecule has 0 spiro atoms. The van der Waals surface area contributed by atoms with E-state index < -0.39 is 0 Å². The number of hydrogen-bond acceptors (Lipinski definition) is 2. The minimum Gasteiger partial charge on any atom is -0.445 e. The average molecular weight is 347 g/mol.